The molecule has 0 aromatic heterocycles. The lowest BCUT2D eigenvalue weighted by Gasteiger charge is -2.28. The van der Waals surface area contributed by atoms with Crippen molar-refractivity contribution in [3.05, 3.63) is 90.0 Å². The fourth-order valence-corrected chi connectivity index (χ4v) is 4.57. The van der Waals surface area contributed by atoms with Crippen LogP contribution in [-0.4, -0.2) is 37.6 Å². The summed E-state index contributed by atoms with van der Waals surface area (Å²) in [5, 5.41) is 1.65. The number of carbonyl (C=O) groups excluding carboxylic acids is 3. The summed E-state index contributed by atoms with van der Waals surface area (Å²) in [5.41, 5.74) is 2.29. The summed E-state index contributed by atoms with van der Waals surface area (Å²) in [6, 6.07) is 22.5. The lowest BCUT2D eigenvalue weighted by molar-refractivity contribution is -0.126. The first-order valence-electron chi connectivity index (χ1n) is 11.3. The molecule has 2 heterocycles. The van der Waals surface area contributed by atoms with Gasteiger partial charge in [0.25, 0.3) is 5.91 Å². The van der Waals surface area contributed by atoms with Crippen molar-refractivity contribution in [3.63, 3.8) is 0 Å². The molecule has 5 rings (SSSR count). The molecule has 0 unspecified atom stereocenters. The van der Waals surface area contributed by atoms with Gasteiger partial charge in [0.1, 0.15) is 11.7 Å². The maximum absolute atomic E-state index is 13.7. The van der Waals surface area contributed by atoms with E-state index in [0.717, 1.165) is 16.2 Å². The van der Waals surface area contributed by atoms with Gasteiger partial charge in [0, 0.05) is 0 Å². The number of amides is 2. The number of anilines is 2. The number of nitrogens with zero attached hydrogens (tertiary/aromatic N) is 2. The number of esters is 1. The number of fused-ring (bicyclic) bond motifs is 1. The van der Waals surface area contributed by atoms with E-state index >= 15 is 0 Å². The van der Waals surface area contributed by atoms with Gasteiger partial charge < -0.3 is 9.47 Å². The molecule has 8 nitrogen and oxygen atoms in total. The maximum Gasteiger partial charge on any atom is 0.338 e. The molecule has 178 valence electrons. The van der Waals surface area contributed by atoms with Crippen LogP contribution in [0.25, 0.3) is 0 Å². The molecule has 0 N–H and O–H groups in total. The fourth-order valence-electron chi connectivity index (χ4n) is 4.57. The Morgan fingerprint density at radius 3 is 2.20 bits per heavy atom. The van der Waals surface area contributed by atoms with Crippen LogP contribution < -0.4 is 14.7 Å². The first-order chi connectivity index (χ1) is 17.0. The molecule has 2 aliphatic heterocycles. The van der Waals surface area contributed by atoms with Crippen molar-refractivity contribution < 1.29 is 28.7 Å². The molecule has 3 atom stereocenters. The van der Waals surface area contributed by atoms with E-state index in [0.29, 0.717) is 17.0 Å². The topological polar surface area (TPSA) is 85.4 Å². The van der Waals surface area contributed by atoms with Gasteiger partial charge in [0.05, 0.1) is 36.7 Å². The number of ether oxygens (including phenoxy) is 2. The van der Waals surface area contributed by atoms with Crippen LogP contribution in [0.1, 0.15) is 28.9 Å². The third-order valence-corrected chi connectivity index (χ3v) is 6.22. The van der Waals surface area contributed by atoms with Crippen molar-refractivity contribution >= 4 is 29.2 Å². The minimum absolute atomic E-state index is 0.259. The Kier molecular flexibility index (Phi) is 5.96. The van der Waals surface area contributed by atoms with Crippen LogP contribution in [0.4, 0.5) is 11.4 Å². The number of hydrogen-bond acceptors (Lipinski definition) is 7. The zero-order chi connectivity index (χ0) is 24.5. The highest BCUT2D eigenvalue weighted by molar-refractivity contribution is 6.24. The van der Waals surface area contributed by atoms with E-state index in [2.05, 4.69) is 0 Å². The van der Waals surface area contributed by atoms with Crippen molar-refractivity contribution in [2.75, 3.05) is 23.7 Å². The van der Waals surface area contributed by atoms with Crippen molar-refractivity contribution in [1.29, 1.82) is 0 Å². The highest BCUT2D eigenvalue weighted by atomic mass is 16.7. The smallest absolute Gasteiger partial charge is 0.338 e. The Labute approximate surface area is 202 Å². The number of methoxy groups -OCH3 is 1. The summed E-state index contributed by atoms with van der Waals surface area (Å²) >= 11 is 0. The Bertz CT molecular complexity index is 1240. The van der Waals surface area contributed by atoms with Crippen LogP contribution in [0.3, 0.4) is 0 Å². The number of rotatable bonds is 6. The molecule has 3 aromatic rings. The SMILES string of the molecule is CCOC(=O)c1ccc(N2C(=O)[C@H]3[C@H](ON(c4ccccc4)[C@@H]3c3ccc(OC)cc3)C2=O)cc1. The quantitative estimate of drug-likeness (QED) is 0.397. The van der Waals surface area contributed by atoms with Crippen LogP contribution in [0.15, 0.2) is 78.9 Å². The molecule has 2 aliphatic rings. The standard InChI is InChI=1S/C27H24N2O6/c1-3-34-27(32)18-9-13-19(14-10-18)28-25(30)22-23(17-11-15-21(33-2)16-12-17)29(35-24(22)26(28)31)20-7-5-4-6-8-20/h4-16,22-24H,3H2,1-2H3/t22-,23-,24+/m1/s1. The third-order valence-electron chi connectivity index (χ3n) is 6.22. The van der Waals surface area contributed by atoms with Crippen LogP contribution in [0.5, 0.6) is 5.75 Å². The summed E-state index contributed by atoms with van der Waals surface area (Å²) in [5.74, 6) is -1.33. The molecule has 0 radical (unpaired) electrons. The lowest BCUT2D eigenvalue weighted by atomic mass is 9.90. The van der Waals surface area contributed by atoms with Gasteiger partial charge in [-0.1, -0.05) is 30.3 Å². The average Bonchev–Trinajstić information content (AvgIpc) is 3.40. The predicted octanol–water partition coefficient (Wildman–Crippen LogP) is 3.92. The number of hydrogen-bond donors (Lipinski definition) is 0. The molecular formula is C27H24N2O6. The molecule has 0 bridgehead atoms. The summed E-state index contributed by atoms with van der Waals surface area (Å²) in [7, 11) is 1.59. The largest absolute Gasteiger partial charge is 0.497 e. The van der Waals surface area contributed by atoms with Crippen molar-refractivity contribution in [1.82, 2.24) is 0 Å². The van der Waals surface area contributed by atoms with Gasteiger partial charge in [-0.15, -0.1) is 0 Å². The van der Waals surface area contributed by atoms with E-state index in [-0.39, 0.29) is 12.5 Å². The van der Waals surface area contributed by atoms with E-state index in [1.807, 2.05) is 54.6 Å². The van der Waals surface area contributed by atoms with Gasteiger partial charge in [0.2, 0.25) is 5.91 Å². The molecule has 2 fully saturated rings. The van der Waals surface area contributed by atoms with Gasteiger partial charge in [-0.3, -0.25) is 14.4 Å². The summed E-state index contributed by atoms with van der Waals surface area (Å²) in [6.07, 6.45) is -0.973. The predicted molar refractivity (Wildman–Crippen MR) is 128 cm³/mol. The third kappa shape index (κ3) is 3.91. The van der Waals surface area contributed by atoms with Crippen molar-refractivity contribution in [2.24, 2.45) is 5.92 Å². The summed E-state index contributed by atoms with van der Waals surface area (Å²) < 4.78 is 10.3. The molecule has 3 aromatic carbocycles. The van der Waals surface area contributed by atoms with Crippen LogP contribution in [-0.2, 0) is 19.2 Å². The number of benzene rings is 3. The molecule has 0 spiro atoms. The second-order valence-electron chi connectivity index (χ2n) is 8.21. The van der Waals surface area contributed by atoms with Gasteiger partial charge in [-0.25, -0.2) is 14.8 Å². The Balaban J connectivity index is 1.50. The van der Waals surface area contributed by atoms with E-state index in [4.69, 9.17) is 14.3 Å². The van der Waals surface area contributed by atoms with Gasteiger partial charge >= 0.3 is 5.97 Å². The number of para-hydroxylation sites is 1. The van der Waals surface area contributed by atoms with Gasteiger partial charge in [-0.2, -0.15) is 0 Å². The van der Waals surface area contributed by atoms with Gasteiger partial charge in [-0.05, 0) is 61.0 Å². The minimum Gasteiger partial charge on any atom is -0.497 e. The summed E-state index contributed by atoms with van der Waals surface area (Å²) in [4.78, 5) is 46.4. The lowest BCUT2D eigenvalue weighted by Crippen LogP contribution is -2.37. The van der Waals surface area contributed by atoms with Crippen molar-refractivity contribution in [2.45, 2.75) is 19.1 Å². The average molecular weight is 472 g/mol. The highest BCUT2D eigenvalue weighted by Gasteiger charge is 2.60. The van der Waals surface area contributed by atoms with E-state index in [1.165, 1.54) is 0 Å². The molecule has 35 heavy (non-hydrogen) atoms. The zero-order valence-electron chi connectivity index (χ0n) is 19.3. The molecule has 2 saturated heterocycles. The normalized spacial score (nSPS) is 21.3. The molecule has 8 heteroatoms. The van der Waals surface area contributed by atoms with E-state index in [1.54, 1.807) is 43.4 Å². The maximum atomic E-state index is 13.7. The Morgan fingerprint density at radius 1 is 0.886 bits per heavy atom. The van der Waals surface area contributed by atoms with Crippen molar-refractivity contribution in [3.8, 4) is 5.75 Å². The monoisotopic (exact) mass is 472 g/mol. The number of imide groups is 1. The minimum atomic E-state index is -0.973. The summed E-state index contributed by atoms with van der Waals surface area (Å²) in [6.45, 7) is 1.99. The number of carbonyl (C=O) groups is 3. The van der Waals surface area contributed by atoms with E-state index in [9.17, 15) is 14.4 Å². The zero-order valence-corrected chi connectivity index (χ0v) is 19.3. The van der Waals surface area contributed by atoms with Crippen LogP contribution >= 0.6 is 0 Å². The molecule has 2 amide bonds. The first kappa shape index (κ1) is 22.6. The number of hydroxylamine groups is 1. The second-order valence-corrected chi connectivity index (χ2v) is 8.21. The van der Waals surface area contributed by atoms with Gasteiger partial charge in [0.15, 0.2) is 6.10 Å². The first-order valence-corrected chi connectivity index (χ1v) is 11.3. The van der Waals surface area contributed by atoms with Crippen LogP contribution in [0.2, 0.25) is 0 Å². The van der Waals surface area contributed by atoms with E-state index < -0.39 is 29.9 Å². The second kappa shape index (κ2) is 9.23. The molecular weight excluding hydrogens is 448 g/mol. The molecule has 0 aliphatic carbocycles. The van der Waals surface area contributed by atoms with Crippen LogP contribution in [0, 0.1) is 5.92 Å². The Hall–Kier alpha value is -4.17. The molecule has 0 saturated carbocycles. The Morgan fingerprint density at radius 2 is 1.57 bits per heavy atom. The highest BCUT2D eigenvalue weighted by Crippen LogP contribution is 2.47. The fraction of sp³-hybridized carbons (Fsp3) is 0.222.